The van der Waals surface area contributed by atoms with Crippen molar-refractivity contribution >= 4 is 50.5 Å². The lowest BCUT2D eigenvalue weighted by molar-refractivity contribution is 0.272. The monoisotopic (exact) mass is 496 g/mol. The fraction of sp³-hybridized carbons (Fsp3) is 0.360. The van der Waals surface area contributed by atoms with Gasteiger partial charge in [-0.05, 0) is 49.4 Å². The van der Waals surface area contributed by atoms with E-state index in [1.807, 2.05) is 23.6 Å². The zero-order valence-electron chi connectivity index (χ0n) is 19.6. The first-order valence-electron chi connectivity index (χ1n) is 11.5. The van der Waals surface area contributed by atoms with Crippen LogP contribution < -0.4 is 15.0 Å². The molecule has 9 heteroatoms. The number of aromatic amines is 1. The van der Waals surface area contributed by atoms with Gasteiger partial charge in [0.15, 0.2) is 11.0 Å². The molecule has 2 aromatic carbocycles. The van der Waals surface area contributed by atoms with E-state index in [0.717, 1.165) is 65.3 Å². The van der Waals surface area contributed by atoms with Crippen molar-refractivity contribution in [3.05, 3.63) is 46.8 Å². The highest BCUT2D eigenvalue weighted by Crippen LogP contribution is 2.34. The predicted octanol–water partition coefficient (Wildman–Crippen LogP) is 5.87. The van der Waals surface area contributed by atoms with Gasteiger partial charge in [0.05, 0.1) is 23.3 Å². The molecule has 7 nitrogen and oxygen atoms in total. The van der Waals surface area contributed by atoms with Gasteiger partial charge in [-0.15, -0.1) is 11.3 Å². The maximum absolute atomic E-state index is 6.23. The number of aromatic nitrogens is 3. The van der Waals surface area contributed by atoms with Gasteiger partial charge in [-0.3, -0.25) is 0 Å². The number of H-pyrrole nitrogens is 1. The van der Waals surface area contributed by atoms with Gasteiger partial charge in [0.25, 0.3) is 0 Å². The Bertz CT molecular complexity index is 1280. The van der Waals surface area contributed by atoms with Crippen LogP contribution in [-0.4, -0.2) is 59.7 Å². The highest BCUT2D eigenvalue weighted by molar-refractivity contribution is 7.14. The van der Waals surface area contributed by atoms with Crippen LogP contribution in [0, 0.1) is 5.92 Å². The smallest absolute Gasteiger partial charge is 0.187 e. The SMILES string of the molecule is CC(C)COc1ccc(Cl)cc1Nc1nc(-c2nc3ccc(N4CCN(C)CC4)cc3[nH]2)cs1. The standard InChI is InChI=1S/C25H29ClN6OS/c1-16(2)14-33-23-7-4-17(26)12-21(23)29-25-30-22(15-34-25)24-27-19-6-5-18(13-20(19)28-24)32-10-8-31(3)9-11-32/h4-7,12-13,15-16H,8-11,14H2,1-3H3,(H,27,28)(H,29,30). The Labute approximate surface area is 208 Å². The second-order valence-electron chi connectivity index (χ2n) is 9.09. The Morgan fingerprint density at radius 3 is 2.74 bits per heavy atom. The van der Waals surface area contributed by atoms with E-state index in [1.54, 1.807) is 0 Å². The van der Waals surface area contributed by atoms with Gasteiger partial charge < -0.3 is 24.8 Å². The number of nitrogens with zero attached hydrogens (tertiary/aromatic N) is 4. The summed E-state index contributed by atoms with van der Waals surface area (Å²) in [6.45, 7) is 9.12. The average Bonchev–Trinajstić information content (AvgIpc) is 3.45. The molecule has 0 spiro atoms. The third-order valence-electron chi connectivity index (χ3n) is 5.84. The minimum Gasteiger partial charge on any atom is -0.491 e. The molecule has 1 fully saturated rings. The van der Waals surface area contributed by atoms with E-state index in [2.05, 4.69) is 59.2 Å². The molecule has 5 rings (SSSR count). The van der Waals surface area contributed by atoms with Crippen LogP contribution in [0.15, 0.2) is 41.8 Å². The van der Waals surface area contributed by atoms with Gasteiger partial charge in [-0.25, -0.2) is 9.97 Å². The fourth-order valence-electron chi connectivity index (χ4n) is 3.92. The Balaban J connectivity index is 1.35. The van der Waals surface area contributed by atoms with Gasteiger partial charge in [0.1, 0.15) is 11.4 Å². The number of piperazine rings is 1. The number of fused-ring (bicyclic) bond motifs is 1. The van der Waals surface area contributed by atoms with Crippen molar-refractivity contribution in [1.82, 2.24) is 19.9 Å². The number of imidazole rings is 1. The van der Waals surface area contributed by atoms with Crippen LogP contribution in [0.3, 0.4) is 0 Å². The van der Waals surface area contributed by atoms with Crippen LogP contribution >= 0.6 is 22.9 Å². The number of ether oxygens (including phenoxy) is 1. The molecule has 4 aromatic rings. The minimum absolute atomic E-state index is 0.430. The van der Waals surface area contributed by atoms with Gasteiger partial charge in [0.2, 0.25) is 0 Å². The topological polar surface area (TPSA) is 69.3 Å². The highest BCUT2D eigenvalue weighted by atomic mass is 35.5. The summed E-state index contributed by atoms with van der Waals surface area (Å²) < 4.78 is 5.95. The molecule has 178 valence electrons. The van der Waals surface area contributed by atoms with Crippen molar-refractivity contribution in [2.75, 3.05) is 50.1 Å². The second-order valence-corrected chi connectivity index (χ2v) is 10.4. The van der Waals surface area contributed by atoms with E-state index in [-0.39, 0.29) is 0 Å². The molecule has 1 aliphatic rings. The molecule has 3 heterocycles. The molecule has 0 atom stereocenters. The number of hydrogen-bond donors (Lipinski definition) is 2. The Hall–Kier alpha value is -2.81. The number of thiazole rings is 1. The molecule has 0 radical (unpaired) electrons. The van der Waals surface area contributed by atoms with Crippen LogP contribution in [0.5, 0.6) is 5.75 Å². The minimum atomic E-state index is 0.430. The Morgan fingerprint density at radius 2 is 1.94 bits per heavy atom. The van der Waals surface area contributed by atoms with Crippen LogP contribution in [0.2, 0.25) is 5.02 Å². The lowest BCUT2D eigenvalue weighted by atomic mass is 10.2. The fourth-order valence-corrected chi connectivity index (χ4v) is 4.80. The molecule has 0 unspecified atom stereocenters. The summed E-state index contributed by atoms with van der Waals surface area (Å²) in [5.74, 6) is 1.95. The molecule has 1 saturated heterocycles. The van der Waals surface area contributed by atoms with Crippen molar-refractivity contribution in [2.24, 2.45) is 5.92 Å². The van der Waals surface area contributed by atoms with Crippen molar-refractivity contribution in [2.45, 2.75) is 13.8 Å². The third-order valence-corrected chi connectivity index (χ3v) is 6.83. The molecule has 2 N–H and O–H groups in total. The average molecular weight is 497 g/mol. The maximum Gasteiger partial charge on any atom is 0.187 e. The van der Waals surface area contributed by atoms with E-state index in [1.165, 1.54) is 17.0 Å². The summed E-state index contributed by atoms with van der Waals surface area (Å²) in [6, 6.07) is 12.0. The molecular formula is C25H29ClN6OS. The van der Waals surface area contributed by atoms with Crippen LogP contribution in [0.1, 0.15) is 13.8 Å². The molecule has 0 saturated carbocycles. The number of halogens is 1. The van der Waals surface area contributed by atoms with E-state index in [0.29, 0.717) is 17.5 Å². The van der Waals surface area contributed by atoms with E-state index in [9.17, 15) is 0 Å². The van der Waals surface area contributed by atoms with Crippen molar-refractivity contribution < 1.29 is 4.74 Å². The first-order valence-corrected chi connectivity index (χ1v) is 12.8. The molecular weight excluding hydrogens is 468 g/mol. The maximum atomic E-state index is 6.23. The molecule has 0 aliphatic carbocycles. The summed E-state index contributed by atoms with van der Waals surface area (Å²) in [5.41, 5.74) is 4.79. The summed E-state index contributed by atoms with van der Waals surface area (Å²) in [6.07, 6.45) is 0. The Morgan fingerprint density at radius 1 is 1.12 bits per heavy atom. The summed E-state index contributed by atoms with van der Waals surface area (Å²) in [7, 11) is 2.17. The molecule has 0 amide bonds. The molecule has 34 heavy (non-hydrogen) atoms. The quantitative estimate of drug-likeness (QED) is 0.333. The van der Waals surface area contributed by atoms with Crippen molar-refractivity contribution in [3.63, 3.8) is 0 Å². The number of rotatable bonds is 7. The number of anilines is 3. The van der Waals surface area contributed by atoms with Gasteiger partial charge in [-0.1, -0.05) is 25.4 Å². The zero-order valence-corrected chi connectivity index (χ0v) is 21.2. The van der Waals surface area contributed by atoms with Crippen LogP contribution in [-0.2, 0) is 0 Å². The van der Waals surface area contributed by atoms with E-state index < -0.39 is 0 Å². The number of likely N-dealkylation sites (N-methyl/N-ethyl adjacent to an activating group) is 1. The second kappa shape index (κ2) is 9.82. The normalized spacial score (nSPS) is 14.8. The highest BCUT2D eigenvalue weighted by Gasteiger charge is 2.16. The van der Waals surface area contributed by atoms with Crippen molar-refractivity contribution in [3.8, 4) is 17.3 Å². The van der Waals surface area contributed by atoms with E-state index >= 15 is 0 Å². The van der Waals surface area contributed by atoms with E-state index in [4.69, 9.17) is 26.3 Å². The predicted molar refractivity (Wildman–Crippen MR) is 142 cm³/mol. The third kappa shape index (κ3) is 5.14. The van der Waals surface area contributed by atoms with Gasteiger partial charge >= 0.3 is 0 Å². The summed E-state index contributed by atoms with van der Waals surface area (Å²) >= 11 is 7.76. The van der Waals surface area contributed by atoms with Gasteiger partial charge in [0, 0.05) is 42.3 Å². The van der Waals surface area contributed by atoms with Crippen LogP contribution in [0.4, 0.5) is 16.5 Å². The van der Waals surface area contributed by atoms with Crippen LogP contribution in [0.25, 0.3) is 22.6 Å². The summed E-state index contributed by atoms with van der Waals surface area (Å²) in [4.78, 5) is 17.8. The molecule has 1 aliphatic heterocycles. The number of benzene rings is 2. The molecule has 2 aromatic heterocycles. The Kier molecular flexibility index (Phi) is 6.63. The number of hydrogen-bond acceptors (Lipinski definition) is 7. The van der Waals surface area contributed by atoms with Crippen molar-refractivity contribution in [1.29, 1.82) is 0 Å². The largest absolute Gasteiger partial charge is 0.491 e. The lowest BCUT2D eigenvalue weighted by Crippen LogP contribution is -2.44. The first-order chi connectivity index (χ1) is 16.4. The lowest BCUT2D eigenvalue weighted by Gasteiger charge is -2.34. The van der Waals surface area contributed by atoms with Gasteiger partial charge in [-0.2, -0.15) is 0 Å². The molecule has 0 bridgehead atoms. The zero-order chi connectivity index (χ0) is 23.7. The number of nitrogens with one attached hydrogen (secondary N) is 2. The summed E-state index contributed by atoms with van der Waals surface area (Å²) in [5, 5.41) is 6.76. The first kappa shape index (κ1) is 23.0.